The van der Waals surface area contributed by atoms with Crippen molar-refractivity contribution in [3.63, 3.8) is 0 Å². The summed E-state index contributed by atoms with van der Waals surface area (Å²) < 4.78 is 0.349. The molecule has 1 unspecified atom stereocenters. The quantitative estimate of drug-likeness (QED) is 0.276. The van der Waals surface area contributed by atoms with E-state index in [1.807, 2.05) is 0 Å². The van der Waals surface area contributed by atoms with Gasteiger partial charge in [-0.1, -0.05) is 24.3 Å². The van der Waals surface area contributed by atoms with Crippen LogP contribution in [0.25, 0.3) is 0 Å². The van der Waals surface area contributed by atoms with E-state index in [0.29, 0.717) is 11.3 Å². The zero-order valence-corrected chi connectivity index (χ0v) is 19.0. The van der Waals surface area contributed by atoms with Gasteiger partial charge in [-0.25, -0.2) is 4.99 Å². The summed E-state index contributed by atoms with van der Waals surface area (Å²) in [5, 5.41) is 6.89. The molecule has 0 spiro atoms. The van der Waals surface area contributed by atoms with Crippen molar-refractivity contribution in [2.45, 2.75) is 38.0 Å². The van der Waals surface area contributed by atoms with Crippen LogP contribution in [0, 0.1) is 0 Å². The average molecular weight is 486 g/mol. The van der Waals surface area contributed by atoms with E-state index in [1.54, 1.807) is 0 Å². The molecule has 26 heavy (non-hydrogen) atoms. The van der Waals surface area contributed by atoms with Gasteiger partial charge in [0.2, 0.25) is 0 Å². The first-order chi connectivity index (χ1) is 12.2. The van der Waals surface area contributed by atoms with Gasteiger partial charge < -0.3 is 15.5 Å². The molecule has 1 fully saturated rings. The topological polar surface area (TPSA) is 39.7 Å². The van der Waals surface area contributed by atoms with Gasteiger partial charge in [0.15, 0.2) is 5.96 Å². The predicted octanol–water partition coefficient (Wildman–Crippen LogP) is 4.02. The van der Waals surface area contributed by atoms with Crippen LogP contribution in [0.2, 0.25) is 0 Å². The summed E-state index contributed by atoms with van der Waals surface area (Å²) >= 11 is 2.08. The maximum absolute atomic E-state index is 4.76. The fraction of sp³-hybridized carbons (Fsp3) is 0.550. The molecular weight excluding hydrogens is 455 g/mol. The molecule has 3 rings (SSSR count). The third kappa shape index (κ3) is 6.08. The standard InChI is InChI=1S/C20H30N4S.HI/c1-3-21-19(23-16-20(2)11-6-14-25-20)22-15-17-7-9-18(10-8-17)24-12-4-5-13-24;/h4-5,7-10H,3,6,11-16H2,1-2H3,(H2,21,22,23);1H. The van der Waals surface area contributed by atoms with Crippen molar-refractivity contribution < 1.29 is 0 Å². The van der Waals surface area contributed by atoms with Crippen LogP contribution in [-0.4, -0.2) is 42.6 Å². The van der Waals surface area contributed by atoms with Gasteiger partial charge in [-0.2, -0.15) is 11.8 Å². The molecule has 4 nitrogen and oxygen atoms in total. The van der Waals surface area contributed by atoms with Gasteiger partial charge in [-0.05, 0) is 50.1 Å². The highest BCUT2D eigenvalue weighted by atomic mass is 127. The van der Waals surface area contributed by atoms with Crippen molar-refractivity contribution in [3.8, 4) is 0 Å². The van der Waals surface area contributed by atoms with Gasteiger partial charge in [0.25, 0.3) is 0 Å². The Hall–Kier alpha value is -0.890. The molecule has 0 aliphatic carbocycles. The molecule has 2 aliphatic rings. The van der Waals surface area contributed by atoms with Crippen LogP contribution >= 0.6 is 35.7 Å². The van der Waals surface area contributed by atoms with Gasteiger partial charge in [0, 0.05) is 36.6 Å². The number of nitrogens with zero attached hydrogens (tertiary/aromatic N) is 2. The molecule has 2 heterocycles. The number of nitrogens with one attached hydrogen (secondary N) is 2. The number of halogens is 1. The summed E-state index contributed by atoms with van der Waals surface area (Å²) in [4.78, 5) is 7.12. The van der Waals surface area contributed by atoms with Crippen LogP contribution in [0.4, 0.5) is 5.69 Å². The first kappa shape index (κ1) is 21.4. The normalized spacial score (nSPS) is 22.4. The number of benzene rings is 1. The smallest absolute Gasteiger partial charge is 0.191 e. The lowest BCUT2D eigenvalue weighted by atomic mass is 10.1. The number of rotatable bonds is 6. The maximum Gasteiger partial charge on any atom is 0.191 e. The highest BCUT2D eigenvalue weighted by Gasteiger charge is 2.29. The molecule has 2 aliphatic heterocycles. The van der Waals surface area contributed by atoms with E-state index in [0.717, 1.165) is 32.1 Å². The third-order valence-corrected chi connectivity index (χ3v) is 6.35. The maximum atomic E-state index is 4.76. The molecule has 0 amide bonds. The summed E-state index contributed by atoms with van der Waals surface area (Å²) in [5.41, 5.74) is 2.53. The molecule has 1 aromatic carbocycles. The van der Waals surface area contributed by atoms with Crippen molar-refractivity contribution in [1.29, 1.82) is 0 Å². The van der Waals surface area contributed by atoms with E-state index in [4.69, 9.17) is 4.99 Å². The highest BCUT2D eigenvalue weighted by Crippen LogP contribution is 2.36. The lowest BCUT2D eigenvalue weighted by Crippen LogP contribution is -2.43. The van der Waals surface area contributed by atoms with Gasteiger partial charge >= 0.3 is 0 Å². The van der Waals surface area contributed by atoms with Crippen LogP contribution in [-0.2, 0) is 6.54 Å². The second-order valence-electron chi connectivity index (χ2n) is 6.99. The minimum absolute atomic E-state index is 0. The van der Waals surface area contributed by atoms with E-state index in [1.165, 1.54) is 29.8 Å². The minimum atomic E-state index is 0. The Morgan fingerprint density at radius 1 is 1.19 bits per heavy atom. The molecule has 2 N–H and O–H groups in total. The van der Waals surface area contributed by atoms with E-state index < -0.39 is 0 Å². The van der Waals surface area contributed by atoms with Gasteiger partial charge in [0.1, 0.15) is 0 Å². The molecule has 0 bridgehead atoms. The van der Waals surface area contributed by atoms with Crippen molar-refractivity contribution >= 4 is 47.4 Å². The number of guanidine groups is 1. The SMILES string of the molecule is CCNC(=NCc1ccc(N2CC=CC2)cc1)NCC1(C)CCCS1.I. The van der Waals surface area contributed by atoms with Crippen LogP contribution in [0.1, 0.15) is 32.3 Å². The minimum Gasteiger partial charge on any atom is -0.364 e. The molecule has 1 saturated heterocycles. The largest absolute Gasteiger partial charge is 0.364 e. The fourth-order valence-electron chi connectivity index (χ4n) is 3.26. The second kappa shape index (κ2) is 10.4. The summed E-state index contributed by atoms with van der Waals surface area (Å²) in [6.07, 6.45) is 7.05. The summed E-state index contributed by atoms with van der Waals surface area (Å²) in [6.45, 7) is 9.07. The third-order valence-electron chi connectivity index (χ3n) is 4.81. The zero-order valence-electron chi connectivity index (χ0n) is 15.8. The molecule has 6 heteroatoms. The predicted molar refractivity (Wildman–Crippen MR) is 126 cm³/mol. The lowest BCUT2D eigenvalue weighted by Gasteiger charge is -2.24. The van der Waals surface area contributed by atoms with Gasteiger partial charge in [-0.15, -0.1) is 24.0 Å². The fourth-order valence-corrected chi connectivity index (χ4v) is 4.50. The number of thioether (sulfide) groups is 1. The monoisotopic (exact) mass is 486 g/mol. The van der Waals surface area contributed by atoms with Crippen molar-refractivity contribution in [2.24, 2.45) is 4.99 Å². The molecule has 0 aromatic heterocycles. The van der Waals surface area contributed by atoms with Crippen molar-refractivity contribution in [1.82, 2.24) is 10.6 Å². The number of aliphatic imine (C=N–C) groups is 1. The van der Waals surface area contributed by atoms with E-state index in [2.05, 4.69) is 77.6 Å². The molecule has 0 radical (unpaired) electrons. The molecule has 144 valence electrons. The van der Waals surface area contributed by atoms with E-state index in [9.17, 15) is 0 Å². The number of hydrogen-bond acceptors (Lipinski definition) is 3. The van der Waals surface area contributed by atoms with Crippen molar-refractivity contribution in [2.75, 3.05) is 36.8 Å². The molecule has 1 atom stereocenters. The summed E-state index contributed by atoms with van der Waals surface area (Å²) in [5.74, 6) is 2.20. The Balaban J connectivity index is 0.00000243. The Morgan fingerprint density at radius 3 is 2.54 bits per heavy atom. The van der Waals surface area contributed by atoms with E-state index >= 15 is 0 Å². The highest BCUT2D eigenvalue weighted by molar-refractivity contribution is 14.0. The lowest BCUT2D eigenvalue weighted by molar-refractivity contribution is 0.584. The second-order valence-corrected chi connectivity index (χ2v) is 8.68. The van der Waals surface area contributed by atoms with Crippen molar-refractivity contribution in [3.05, 3.63) is 42.0 Å². The molecular formula is C20H31IN4S. The Kier molecular flexibility index (Phi) is 8.60. The van der Waals surface area contributed by atoms with Crippen LogP contribution in [0.3, 0.4) is 0 Å². The van der Waals surface area contributed by atoms with Crippen LogP contribution in [0.5, 0.6) is 0 Å². The first-order valence-electron chi connectivity index (χ1n) is 9.33. The number of anilines is 1. The molecule has 1 aromatic rings. The first-order valence-corrected chi connectivity index (χ1v) is 10.3. The van der Waals surface area contributed by atoms with E-state index in [-0.39, 0.29) is 24.0 Å². The summed E-state index contributed by atoms with van der Waals surface area (Å²) in [7, 11) is 0. The van der Waals surface area contributed by atoms with Crippen LogP contribution in [0.15, 0.2) is 41.4 Å². The van der Waals surface area contributed by atoms with Gasteiger partial charge in [-0.3, -0.25) is 0 Å². The Morgan fingerprint density at radius 2 is 1.92 bits per heavy atom. The Labute approximate surface area is 179 Å². The number of hydrogen-bond donors (Lipinski definition) is 2. The zero-order chi connectivity index (χ0) is 17.5. The summed E-state index contributed by atoms with van der Waals surface area (Å²) in [6, 6.07) is 8.78. The van der Waals surface area contributed by atoms with Crippen LogP contribution < -0.4 is 15.5 Å². The Bertz CT molecular complexity index is 601. The van der Waals surface area contributed by atoms with Gasteiger partial charge in [0.05, 0.1) is 6.54 Å². The average Bonchev–Trinajstić information content (AvgIpc) is 3.30. The molecule has 0 saturated carbocycles.